The minimum atomic E-state index is -1.13. The second kappa shape index (κ2) is 3.98. The Kier molecular flexibility index (Phi) is 3.09. The first-order chi connectivity index (χ1) is 6.89. The van der Waals surface area contributed by atoms with Gasteiger partial charge in [0.25, 0.3) is 0 Å². The van der Waals surface area contributed by atoms with Crippen LogP contribution < -0.4 is 0 Å². The quantitative estimate of drug-likeness (QED) is 0.827. The lowest BCUT2D eigenvalue weighted by molar-refractivity contribution is -0.149. The Hall–Kier alpha value is -1.42. The van der Waals surface area contributed by atoms with Gasteiger partial charge in [0.15, 0.2) is 0 Å². The van der Waals surface area contributed by atoms with Crippen molar-refractivity contribution >= 4 is 5.97 Å². The highest BCUT2D eigenvalue weighted by Gasteiger charge is 2.37. The van der Waals surface area contributed by atoms with Gasteiger partial charge in [-0.25, -0.2) is 9.18 Å². The van der Waals surface area contributed by atoms with Gasteiger partial charge in [0.05, 0.1) is 0 Å². The van der Waals surface area contributed by atoms with Gasteiger partial charge >= 0.3 is 5.97 Å². The lowest BCUT2D eigenvalue weighted by Gasteiger charge is -2.32. The first kappa shape index (κ1) is 11.7. The van der Waals surface area contributed by atoms with E-state index in [4.69, 9.17) is 0 Å². The number of carboxylic acids is 1. The van der Waals surface area contributed by atoms with E-state index in [0.717, 1.165) is 0 Å². The van der Waals surface area contributed by atoms with Crippen LogP contribution in [-0.4, -0.2) is 30.1 Å². The van der Waals surface area contributed by atoms with E-state index >= 15 is 0 Å². The number of carbonyl (C=O) groups is 1. The van der Waals surface area contributed by atoms with Crippen molar-refractivity contribution in [2.24, 2.45) is 0 Å². The molecule has 0 unspecified atom stereocenters. The summed E-state index contributed by atoms with van der Waals surface area (Å²) in [6.07, 6.45) is 0. The molecular weight excluding hydrogens is 197 g/mol. The number of likely N-dealkylation sites (N-methyl/N-ethyl adjacent to an activating group) is 1. The van der Waals surface area contributed by atoms with E-state index in [1.165, 1.54) is 24.3 Å². The van der Waals surface area contributed by atoms with E-state index in [-0.39, 0.29) is 5.82 Å². The molecule has 0 radical (unpaired) electrons. The van der Waals surface area contributed by atoms with Crippen molar-refractivity contribution < 1.29 is 14.3 Å². The van der Waals surface area contributed by atoms with E-state index < -0.39 is 11.5 Å². The Labute approximate surface area is 88.1 Å². The van der Waals surface area contributed by atoms with Gasteiger partial charge in [-0.1, -0.05) is 12.1 Å². The zero-order valence-electron chi connectivity index (χ0n) is 8.99. The van der Waals surface area contributed by atoms with E-state index in [0.29, 0.717) is 5.56 Å². The van der Waals surface area contributed by atoms with Crippen molar-refractivity contribution in [3.05, 3.63) is 35.6 Å². The number of hydrogen-bond acceptors (Lipinski definition) is 2. The summed E-state index contributed by atoms with van der Waals surface area (Å²) in [7, 11) is 3.36. The molecule has 0 fully saturated rings. The molecule has 1 aromatic carbocycles. The average molecular weight is 211 g/mol. The fourth-order valence-electron chi connectivity index (χ4n) is 1.35. The molecule has 0 saturated carbocycles. The van der Waals surface area contributed by atoms with Crippen LogP contribution in [0.15, 0.2) is 24.3 Å². The molecule has 0 aliphatic heterocycles. The molecule has 0 heterocycles. The highest BCUT2D eigenvalue weighted by molar-refractivity contribution is 5.80. The third-order valence-electron chi connectivity index (χ3n) is 2.72. The highest BCUT2D eigenvalue weighted by Crippen LogP contribution is 2.26. The molecule has 0 aliphatic rings. The van der Waals surface area contributed by atoms with Crippen LogP contribution in [0, 0.1) is 5.82 Å². The van der Waals surface area contributed by atoms with E-state index in [9.17, 15) is 14.3 Å². The highest BCUT2D eigenvalue weighted by atomic mass is 19.1. The Morgan fingerprint density at radius 1 is 1.33 bits per heavy atom. The first-order valence-corrected chi connectivity index (χ1v) is 4.56. The smallest absolute Gasteiger partial charge is 0.328 e. The van der Waals surface area contributed by atoms with Crippen molar-refractivity contribution in [2.75, 3.05) is 14.1 Å². The summed E-state index contributed by atoms with van der Waals surface area (Å²) in [5.74, 6) is -1.33. The van der Waals surface area contributed by atoms with Gasteiger partial charge in [-0.2, -0.15) is 0 Å². The molecule has 0 amide bonds. The summed E-state index contributed by atoms with van der Waals surface area (Å²) >= 11 is 0. The number of nitrogens with zero attached hydrogens (tertiary/aromatic N) is 1. The fourth-order valence-corrected chi connectivity index (χ4v) is 1.35. The minimum absolute atomic E-state index is 0.370. The minimum Gasteiger partial charge on any atom is -0.480 e. The molecule has 0 aromatic heterocycles. The van der Waals surface area contributed by atoms with E-state index in [1.54, 1.807) is 25.9 Å². The molecule has 0 aliphatic carbocycles. The number of hydrogen-bond donors (Lipinski definition) is 1. The maximum absolute atomic E-state index is 12.7. The Balaban J connectivity index is 3.22. The molecule has 0 spiro atoms. The normalized spacial score (nSPS) is 15.0. The largest absolute Gasteiger partial charge is 0.480 e. The maximum Gasteiger partial charge on any atom is 0.328 e. The van der Waals surface area contributed by atoms with Crippen LogP contribution in [0.3, 0.4) is 0 Å². The summed E-state index contributed by atoms with van der Waals surface area (Å²) in [6.45, 7) is 1.59. The van der Waals surface area contributed by atoms with Gasteiger partial charge in [0, 0.05) is 0 Å². The van der Waals surface area contributed by atoms with Gasteiger partial charge in [-0.15, -0.1) is 0 Å². The van der Waals surface area contributed by atoms with Crippen LogP contribution in [0.4, 0.5) is 4.39 Å². The molecule has 0 saturated heterocycles. The van der Waals surface area contributed by atoms with Crippen LogP contribution >= 0.6 is 0 Å². The van der Waals surface area contributed by atoms with E-state index in [1.807, 2.05) is 0 Å². The van der Waals surface area contributed by atoms with Crippen molar-refractivity contribution in [2.45, 2.75) is 12.5 Å². The molecule has 1 atom stereocenters. The third-order valence-corrected chi connectivity index (χ3v) is 2.72. The van der Waals surface area contributed by atoms with Gasteiger partial charge in [0.2, 0.25) is 0 Å². The molecular formula is C11H14FNO2. The van der Waals surface area contributed by atoms with Crippen molar-refractivity contribution in [1.29, 1.82) is 0 Å². The fraction of sp³-hybridized carbons (Fsp3) is 0.364. The van der Waals surface area contributed by atoms with Crippen LogP contribution in [0.25, 0.3) is 0 Å². The summed E-state index contributed by atoms with van der Waals surface area (Å²) < 4.78 is 12.7. The predicted octanol–water partition coefficient (Wildman–Crippen LogP) is 1.69. The lowest BCUT2D eigenvalue weighted by atomic mass is 9.91. The Morgan fingerprint density at radius 2 is 1.80 bits per heavy atom. The Bertz CT molecular complexity index is 361. The SMILES string of the molecule is CN(C)[C@@](C)(C(=O)O)c1ccc(F)cc1. The average Bonchev–Trinajstić information content (AvgIpc) is 2.17. The Morgan fingerprint density at radius 3 is 2.13 bits per heavy atom. The lowest BCUT2D eigenvalue weighted by Crippen LogP contribution is -2.45. The van der Waals surface area contributed by atoms with Gasteiger partial charge in [0.1, 0.15) is 11.4 Å². The molecule has 0 bridgehead atoms. The predicted molar refractivity (Wildman–Crippen MR) is 55.1 cm³/mol. The molecule has 1 N–H and O–H groups in total. The van der Waals surface area contributed by atoms with Crippen molar-refractivity contribution in [3.8, 4) is 0 Å². The second-order valence-electron chi connectivity index (χ2n) is 3.78. The van der Waals surface area contributed by atoms with Crippen LogP contribution in [0.1, 0.15) is 12.5 Å². The zero-order valence-corrected chi connectivity index (χ0v) is 8.99. The molecule has 82 valence electrons. The monoisotopic (exact) mass is 211 g/mol. The molecule has 3 nitrogen and oxygen atoms in total. The summed E-state index contributed by atoms with van der Waals surface area (Å²) in [4.78, 5) is 12.8. The van der Waals surface area contributed by atoms with Crippen molar-refractivity contribution in [3.63, 3.8) is 0 Å². The topological polar surface area (TPSA) is 40.5 Å². The number of aliphatic carboxylic acids is 1. The molecule has 4 heteroatoms. The molecule has 1 rings (SSSR count). The van der Waals surface area contributed by atoms with Crippen molar-refractivity contribution in [1.82, 2.24) is 4.90 Å². The second-order valence-corrected chi connectivity index (χ2v) is 3.78. The summed E-state index contributed by atoms with van der Waals surface area (Å²) in [6, 6.07) is 5.51. The zero-order chi connectivity index (χ0) is 11.6. The first-order valence-electron chi connectivity index (χ1n) is 4.56. The molecule has 1 aromatic rings. The maximum atomic E-state index is 12.7. The van der Waals surface area contributed by atoms with Gasteiger partial charge in [-0.05, 0) is 38.7 Å². The van der Waals surface area contributed by atoms with Gasteiger partial charge < -0.3 is 5.11 Å². The number of benzene rings is 1. The number of carboxylic acid groups (broad SMARTS) is 1. The standard InChI is InChI=1S/C11H14FNO2/c1-11(10(14)15,13(2)3)8-4-6-9(12)7-5-8/h4-7H,1-3H3,(H,14,15)/t11-/m1/s1. The summed E-state index contributed by atoms with van der Waals surface area (Å²) in [5, 5.41) is 9.19. The molecule has 15 heavy (non-hydrogen) atoms. The van der Waals surface area contributed by atoms with Crippen LogP contribution in [0.2, 0.25) is 0 Å². The van der Waals surface area contributed by atoms with Crippen LogP contribution in [-0.2, 0) is 10.3 Å². The van der Waals surface area contributed by atoms with Gasteiger partial charge in [-0.3, -0.25) is 4.90 Å². The van der Waals surface area contributed by atoms with E-state index in [2.05, 4.69) is 0 Å². The van der Waals surface area contributed by atoms with Crippen LogP contribution in [0.5, 0.6) is 0 Å². The number of halogens is 1. The number of rotatable bonds is 3. The third kappa shape index (κ3) is 1.99. The summed E-state index contributed by atoms with van der Waals surface area (Å²) in [5.41, 5.74) is -0.574.